The Morgan fingerprint density at radius 2 is 2.09 bits per heavy atom. The van der Waals surface area contributed by atoms with Crippen LogP contribution < -0.4 is 5.32 Å². The van der Waals surface area contributed by atoms with Crippen molar-refractivity contribution in [2.24, 2.45) is 0 Å². The van der Waals surface area contributed by atoms with E-state index in [2.05, 4.69) is 22.4 Å². The molecule has 0 spiro atoms. The van der Waals surface area contributed by atoms with Crippen molar-refractivity contribution in [1.29, 1.82) is 0 Å². The summed E-state index contributed by atoms with van der Waals surface area (Å²) in [6.45, 7) is 1.89. The van der Waals surface area contributed by atoms with Gasteiger partial charge in [0.15, 0.2) is 0 Å². The summed E-state index contributed by atoms with van der Waals surface area (Å²) in [7, 11) is 2.17. The first-order valence-corrected chi connectivity index (χ1v) is 8.61. The van der Waals surface area contributed by atoms with Gasteiger partial charge in [-0.25, -0.2) is 0 Å². The molecule has 0 atom stereocenters. The number of hydrogen-bond acceptors (Lipinski definition) is 3. The molecule has 1 aromatic heterocycles. The number of para-hydroxylation sites is 1. The van der Waals surface area contributed by atoms with Gasteiger partial charge in [-0.2, -0.15) is 5.10 Å². The van der Waals surface area contributed by atoms with E-state index in [4.69, 9.17) is 0 Å². The summed E-state index contributed by atoms with van der Waals surface area (Å²) >= 11 is 0. The second kappa shape index (κ2) is 7.59. The lowest BCUT2D eigenvalue weighted by Gasteiger charge is -2.31. The number of fused-ring (bicyclic) bond motifs is 1. The van der Waals surface area contributed by atoms with Crippen LogP contribution in [0.2, 0.25) is 0 Å². The average molecular weight is 314 g/mol. The van der Waals surface area contributed by atoms with Crippen LogP contribution in [0.4, 0.5) is 0 Å². The maximum atomic E-state index is 12.1. The van der Waals surface area contributed by atoms with Gasteiger partial charge in [-0.15, -0.1) is 0 Å². The first-order chi connectivity index (χ1) is 11.2. The summed E-state index contributed by atoms with van der Waals surface area (Å²) in [5.41, 5.74) is 1.00. The zero-order chi connectivity index (χ0) is 16.1. The molecule has 1 aliphatic carbocycles. The van der Waals surface area contributed by atoms with Gasteiger partial charge in [-0.05, 0) is 26.0 Å². The van der Waals surface area contributed by atoms with E-state index in [1.54, 1.807) is 10.9 Å². The van der Waals surface area contributed by atoms with Crippen LogP contribution in [0.5, 0.6) is 0 Å². The summed E-state index contributed by atoms with van der Waals surface area (Å²) in [4.78, 5) is 14.5. The van der Waals surface area contributed by atoms with Crippen LogP contribution in [0.3, 0.4) is 0 Å². The molecule has 5 heteroatoms. The predicted octanol–water partition coefficient (Wildman–Crippen LogP) is 2.42. The Balaban J connectivity index is 1.44. The normalized spacial score (nSPS) is 16.1. The molecule has 1 heterocycles. The molecular formula is C18H26N4O. The molecule has 5 nitrogen and oxygen atoms in total. The molecule has 1 N–H and O–H groups in total. The number of nitrogens with one attached hydrogen (secondary N) is 1. The highest BCUT2D eigenvalue weighted by atomic mass is 16.2. The molecule has 0 aliphatic heterocycles. The Hall–Kier alpha value is -1.88. The van der Waals surface area contributed by atoms with Crippen LogP contribution in [0.1, 0.15) is 32.1 Å². The number of carbonyl (C=O) groups excluding carboxylic acids is 1. The molecule has 23 heavy (non-hydrogen) atoms. The molecule has 1 saturated carbocycles. The number of rotatable bonds is 6. The molecular weight excluding hydrogens is 288 g/mol. The van der Waals surface area contributed by atoms with Crippen LogP contribution in [0, 0.1) is 0 Å². The fraction of sp³-hybridized carbons (Fsp3) is 0.556. The minimum atomic E-state index is 0.0240. The van der Waals surface area contributed by atoms with Gasteiger partial charge in [0.1, 0.15) is 6.54 Å². The summed E-state index contributed by atoms with van der Waals surface area (Å²) in [5, 5.41) is 8.38. The van der Waals surface area contributed by atoms with Crippen LogP contribution in [-0.4, -0.2) is 46.8 Å². The summed E-state index contributed by atoms with van der Waals surface area (Å²) in [6.07, 6.45) is 8.45. The molecule has 0 saturated heterocycles. The second-order valence-corrected chi connectivity index (χ2v) is 6.48. The second-order valence-electron chi connectivity index (χ2n) is 6.48. The predicted molar refractivity (Wildman–Crippen MR) is 92.2 cm³/mol. The fourth-order valence-electron chi connectivity index (χ4n) is 3.42. The highest BCUT2D eigenvalue weighted by Gasteiger charge is 2.17. The fourth-order valence-corrected chi connectivity index (χ4v) is 3.42. The van der Waals surface area contributed by atoms with Crippen LogP contribution in [0.25, 0.3) is 10.9 Å². The Morgan fingerprint density at radius 1 is 1.30 bits per heavy atom. The highest BCUT2D eigenvalue weighted by molar-refractivity contribution is 5.81. The summed E-state index contributed by atoms with van der Waals surface area (Å²) in [5.74, 6) is 0.0240. The third-order valence-electron chi connectivity index (χ3n) is 4.83. The van der Waals surface area contributed by atoms with Crippen molar-refractivity contribution in [1.82, 2.24) is 20.0 Å². The van der Waals surface area contributed by atoms with Crippen LogP contribution in [0.15, 0.2) is 30.5 Å². The van der Waals surface area contributed by atoms with Crippen molar-refractivity contribution in [2.45, 2.75) is 44.7 Å². The van der Waals surface area contributed by atoms with E-state index in [0.29, 0.717) is 12.6 Å². The van der Waals surface area contributed by atoms with Gasteiger partial charge in [-0.3, -0.25) is 9.48 Å². The number of nitrogens with zero attached hydrogens (tertiary/aromatic N) is 3. The zero-order valence-corrected chi connectivity index (χ0v) is 13.9. The Bertz CT molecular complexity index is 645. The quantitative estimate of drug-likeness (QED) is 0.891. The van der Waals surface area contributed by atoms with E-state index in [1.165, 1.54) is 32.1 Å². The average Bonchev–Trinajstić information content (AvgIpc) is 2.99. The first kappa shape index (κ1) is 16.0. The zero-order valence-electron chi connectivity index (χ0n) is 13.9. The molecule has 1 aliphatic rings. The molecule has 0 radical (unpaired) electrons. The molecule has 0 unspecified atom stereocenters. The Labute approximate surface area is 137 Å². The number of aromatic nitrogens is 2. The molecule has 0 bridgehead atoms. The Kier molecular flexibility index (Phi) is 5.28. The molecule has 1 amide bonds. The van der Waals surface area contributed by atoms with Gasteiger partial charge in [-0.1, -0.05) is 37.5 Å². The maximum Gasteiger partial charge on any atom is 0.241 e. The summed E-state index contributed by atoms with van der Waals surface area (Å²) in [6, 6.07) is 8.64. The maximum absolute atomic E-state index is 12.1. The van der Waals surface area contributed by atoms with E-state index < -0.39 is 0 Å². The van der Waals surface area contributed by atoms with Crippen molar-refractivity contribution in [3.63, 3.8) is 0 Å². The lowest BCUT2D eigenvalue weighted by molar-refractivity contribution is -0.121. The van der Waals surface area contributed by atoms with Crippen molar-refractivity contribution < 1.29 is 4.79 Å². The number of amides is 1. The number of carbonyl (C=O) groups is 1. The van der Waals surface area contributed by atoms with Crippen molar-refractivity contribution >= 4 is 16.8 Å². The van der Waals surface area contributed by atoms with Gasteiger partial charge in [0, 0.05) is 24.5 Å². The molecule has 1 fully saturated rings. The molecule has 2 aromatic rings. The largest absolute Gasteiger partial charge is 0.353 e. The standard InChI is InChI=1S/C18H26N4O/c1-21(16-8-3-2-4-9-16)12-11-19-18(23)14-22-17-10-6-5-7-15(17)13-20-22/h5-7,10,13,16H,2-4,8-9,11-12,14H2,1H3,(H,19,23). The van der Waals surface area contributed by atoms with E-state index in [1.807, 2.05) is 24.3 Å². The van der Waals surface area contributed by atoms with Crippen molar-refractivity contribution in [3.05, 3.63) is 30.5 Å². The Morgan fingerprint density at radius 3 is 2.91 bits per heavy atom. The van der Waals surface area contributed by atoms with E-state index in [-0.39, 0.29) is 12.5 Å². The highest BCUT2D eigenvalue weighted by Crippen LogP contribution is 2.21. The van der Waals surface area contributed by atoms with Crippen LogP contribution >= 0.6 is 0 Å². The minimum absolute atomic E-state index is 0.0240. The van der Waals surface area contributed by atoms with E-state index in [9.17, 15) is 4.79 Å². The van der Waals surface area contributed by atoms with Crippen molar-refractivity contribution in [2.75, 3.05) is 20.1 Å². The van der Waals surface area contributed by atoms with Crippen LogP contribution in [-0.2, 0) is 11.3 Å². The third-order valence-corrected chi connectivity index (χ3v) is 4.83. The van der Waals surface area contributed by atoms with Gasteiger partial charge in [0.25, 0.3) is 0 Å². The van der Waals surface area contributed by atoms with Gasteiger partial charge < -0.3 is 10.2 Å². The topological polar surface area (TPSA) is 50.2 Å². The lowest BCUT2D eigenvalue weighted by atomic mass is 9.94. The molecule has 1 aromatic carbocycles. The molecule has 3 rings (SSSR count). The number of benzene rings is 1. The van der Waals surface area contributed by atoms with E-state index >= 15 is 0 Å². The van der Waals surface area contributed by atoms with Gasteiger partial charge >= 0.3 is 0 Å². The van der Waals surface area contributed by atoms with E-state index in [0.717, 1.165) is 17.4 Å². The lowest BCUT2D eigenvalue weighted by Crippen LogP contribution is -2.40. The molecule has 124 valence electrons. The smallest absolute Gasteiger partial charge is 0.241 e. The minimum Gasteiger partial charge on any atom is -0.353 e. The first-order valence-electron chi connectivity index (χ1n) is 8.61. The third kappa shape index (κ3) is 4.10. The number of likely N-dealkylation sites (N-methyl/N-ethyl adjacent to an activating group) is 1. The van der Waals surface area contributed by atoms with Gasteiger partial charge in [0.2, 0.25) is 5.91 Å². The van der Waals surface area contributed by atoms with Crippen molar-refractivity contribution in [3.8, 4) is 0 Å². The SMILES string of the molecule is CN(CCNC(=O)Cn1ncc2ccccc21)C1CCCCC1. The van der Waals surface area contributed by atoms with Gasteiger partial charge in [0.05, 0.1) is 11.7 Å². The number of hydrogen-bond donors (Lipinski definition) is 1. The monoisotopic (exact) mass is 314 g/mol. The summed E-state index contributed by atoms with van der Waals surface area (Å²) < 4.78 is 1.76.